The quantitative estimate of drug-likeness (QED) is 0.669. The number of aromatic nitrogens is 3. The van der Waals surface area contributed by atoms with Crippen LogP contribution in [0.2, 0.25) is 5.15 Å². The van der Waals surface area contributed by atoms with Crippen molar-refractivity contribution >= 4 is 34.4 Å². The summed E-state index contributed by atoms with van der Waals surface area (Å²) in [6, 6.07) is -0.0379. The first-order valence-corrected chi connectivity index (χ1v) is 9.96. The van der Waals surface area contributed by atoms with Crippen LogP contribution in [0.4, 0.5) is 15.0 Å². The molecule has 1 unspecified atom stereocenters. The number of ether oxygens (including phenoxy) is 3. The molecule has 0 saturated heterocycles. The maximum atomic E-state index is 14.7. The molecular weight excluding hydrogens is 417 g/mol. The van der Waals surface area contributed by atoms with Crippen LogP contribution in [0.5, 0.6) is 11.9 Å². The fourth-order valence-corrected chi connectivity index (χ4v) is 3.08. The highest BCUT2D eigenvalue weighted by atomic mass is 35.5. The van der Waals surface area contributed by atoms with Crippen molar-refractivity contribution in [1.29, 1.82) is 0 Å². The average molecular weight is 442 g/mol. The van der Waals surface area contributed by atoms with E-state index in [4.69, 9.17) is 25.8 Å². The molecule has 2 aromatic rings. The number of carbonyl (C=O) groups excluding carboxylic acids is 1. The lowest BCUT2D eigenvalue weighted by molar-refractivity contribution is 0.0238. The summed E-state index contributed by atoms with van der Waals surface area (Å²) in [7, 11) is 1.38. The lowest BCUT2D eigenvalue weighted by atomic mass is 10.2. The van der Waals surface area contributed by atoms with E-state index < -0.39 is 17.5 Å². The Morgan fingerprint density at radius 1 is 1.30 bits per heavy atom. The van der Waals surface area contributed by atoms with Crippen LogP contribution in [0.1, 0.15) is 34.1 Å². The van der Waals surface area contributed by atoms with Gasteiger partial charge in [-0.3, -0.25) is 0 Å². The van der Waals surface area contributed by atoms with Crippen LogP contribution in [0.25, 0.3) is 10.9 Å². The zero-order chi connectivity index (χ0) is 22.1. The fraction of sp³-hybridized carbons (Fsp3) is 0.579. The molecule has 1 amide bonds. The average Bonchev–Trinajstić information content (AvgIpc) is 2.68. The Hall–Kier alpha value is -2.62. The van der Waals surface area contributed by atoms with E-state index in [0.29, 0.717) is 26.1 Å². The highest BCUT2D eigenvalue weighted by Gasteiger charge is 2.26. The van der Waals surface area contributed by atoms with E-state index in [1.54, 1.807) is 4.90 Å². The van der Waals surface area contributed by atoms with Crippen molar-refractivity contribution in [2.75, 3.05) is 32.1 Å². The number of anilines is 1. The van der Waals surface area contributed by atoms with Crippen molar-refractivity contribution in [2.45, 2.75) is 45.8 Å². The minimum atomic E-state index is -0.791. The van der Waals surface area contributed by atoms with E-state index in [9.17, 15) is 9.18 Å². The van der Waals surface area contributed by atoms with Crippen LogP contribution in [0, 0.1) is 5.82 Å². The largest absolute Gasteiger partial charge is 0.474 e. The van der Waals surface area contributed by atoms with Gasteiger partial charge in [0.1, 0.15) is 22.3 Å². The minimum Gasteiger partial charge on any atom is -0.474 e. The summed E-state index contributed by atoms with van der Waals surface area (Å²) in [5.41, 5.74) is -0.672. The van der Waals surface area contributed by atoms with Gasteiger partial charge in [0.05, 0.1) is 13.2 Å². The minimum absolute atomic E-state index is 0.0379. The predicted octanol–water partition coefficient (Wildman–Crippen LogP) is 3.65. The molecule has 0 spiro atoms. The SMILES string of the molecule is COc1nc2c3c(nc(Cl)c(F)c3n1)OC(C)CCN(C(=O)OC(C)(C)C)CCN2. The van der Waals surface area contributed by atoms with Crippen molar-refractivity contribution in [2.24, 2.45) is 0 Å². The Kier molecular flexibility index (Phi) is 6.35. The van der Waals surface area contributed by atoms with E-state index in [1.807, 2.05) is 27.7 Å². The normalized spacial score (nSPS) is 17.6. The fourth-order valence-electron chi connectivity index (χ4n) is 2.92. The summed E-state index contributed by atoms with van der Waals surface area (Å²) in [5, 5.41) is 3.00. The van der Waals surface area contributed by atoms with E-state index in [0.717, 1.165) is 0 Å². The van der Waals surface area contributed by atoms with Crippen molar-refractivity contribution in [3.8, 4) is 11.9 Å². The first kappa shape index (κ1) is 22.1. The van der Waals surface area contributed by atoms with Crippen LogP contribution in [0.3, 0.4) is 0 Å². The summed E-state index contributed by atoms with van der Waals surface area (Å²) in [5.74, 6) is -0.409. The molecule has 1 aliphatic heterocycles. The number of carbonyl (C=O) groups is 1. The van der Waals surface area contributed by atoms with Crippen molar-refractivity contribution < 1.29 is 23.4 Å². The van der Waals surface area contributed by atoms with Gasteiger partial charge in [-0.05, 0) is 27.7 Å². The van der Waals surface area contributed by atoms with Crippen molar-refractivity contribution in [1.82, 2.24) is 19.9 Å². The molecular formula is C19H25ClFN5O4. The molecule has 0 saturated carbocycles. The Morgan fingerprint density at radius 3 is 2.70 bits per heavy atom. The van der Waals surface area contributed by atoms with Gasteiger partial charge >= 0.3 is 12.1 Å². The number of halogens is 2. The second-order valence-corrected chi connectivity index (χ2v) is 8.27. The van der Waals surface area contributed by atoms with Gasteiger partial charge in [-0.2, -0.15) is 15.0 Å². The zero-order valence-corrected chi connectivity index (χ0v) is 18.3. The van der Waals surface area contributed by atoms with Gasteiger partial charge in [0.15, 0.2) is 11.0 Å². The van der Waals surface area contributed by atoms with Crippen molar-refractivity contribution in [3.05, 3.63) is 11.0 Å². The molecule has 1 aliphatic rings. The zero-order valence-electron chi connectivity index (χ0n) is 17.6. The molecule has 11 heteroatoms. The second-order valence-electron chi connectivity index (χ2n) is 7.92. The van der Waals surface area contributed by atoms with Crippen LogP contribution in [0.15, 0.2) is 0 Å². The summed E-state index contributed by atoms with van der Waals surface area (Å²) in [4.78, 5) is 26.6. The molecule has 164 valence electrons. The van der Waals surface area contributed by atoms with Gasteiger partial charge in [-0.1, -0.05) is 11.6 Å². The number of rotatable bonds is 1. The first-order chi connectivity index (χ1) is 14.1. The van der Waals surface area contributed by atoms with E-state index >= 15 is 0 Å². The first-order valence-electron chi connectivity index (χ1n) is 9.58. The number of nitrogens with one attached hydrogen (secondary N) is 1. The van der Waals surface area contributed by atoms with Crippen molar-refractivity contribution in [3.63, 3.8) is 0 Å². The summed E-state index contributed by atoms with van der Waals surface area (Å²) >= 11 is 5.96. The lowest BCUT2D eigenvalue weighted by Crippen LogP contribution is -2.40. The molecule has 0 radical (unpaired) electrons. The van der Waals surface area contributed by atoms with Gasteiger partial charge in [-0.15, -0.1) is 0 Å². The number of amides is 1. The maximum absolute atomic E-state index is 14.7. The molecule has 0 fully saturated rings. The van der Waals surface area contributed by atoms with Crippen LogP contribution in [-0.2, 0) is 4.74 Å². The number of hydrogen-bond donors (Lipinski definition) is 1. The Labute approximate surface area is 178 Å². The van der Waals surface area contributed by atoms with Gasteiger partial charge in [0.25, 0.3) is 0 Å². The highest BCUT2D eigenvalue weighted by molar-refractivity contribution is 6.30. The number of methoxy groups -OCH3 is 1. The third-order valence-corrected chi connectivity index (χ3v) is 4.57. The third-order valence-electron chi connectivity index (χ3n) is 4.32. The summed E-state index contributed by atoms with van der Waals surface area (Å²) in [6.45, 7) is 8.33. The molecule has 1 atom stereocenters. The molecule has 0 aliphatic carbocycles. The van der Waals surface area contributed by atoms with Crippen LogP contribution in [-0.4, -0.2) is 64.4 Å². The Bertz CT molecular complexity index is 953. The smallest absolute Gasteiger partial charge is 0.410 e. The maximum Gasteiger partial charge on any atom is 0.410 e. The number of pyridine rings is 1. The predicted molar refractivity (Wildman–Crippen MR) is 110 cm³/mol. The third kappa shape index (κ3) is 4.92. The monoisotopic (exact) mass is 441 g/mol. The summed E-state index contributed by atoms with van der Waals surface area (Å²) < 4.78 is 31.2. The highest BCUT2D eigenvalue weighted by Crippen LogP contribution is 2.35. The molecule has 2 aromatic heterocycles. The topological polar surface area (TPSA) is 98.7 Å². The molecule has 0 bridgehead atoms. The standard InChI is InChI=1S/C19H25ClFN5O4/c1-10-6-8-26(18(27)30-19(2,3)4)9-7-22-15-11-13(23-17(25-15)28-5)12(21)14(20)24-16(11)29-10/h10H,6-9H2,1-5H3,(H,22,23,25). The van der Waals surface area contributed by atoms with Gasteiger partial charge in [-0.25, -0.2) is 9.18 Å². The van der Waals surface area contributed by atoms with E-state index in [-0.39, 0.29) is 39.9 Å². The Balaban J connectivity index is 2.00. The van der Waals surface area contributed by atoms with Gasteiger partial charge in [0, 0.05) is 26.1 Å². The lowest BCUT2D eigenvalue weighted by Gasteiger charge is -2.28. The van der Waals surface area contributed by atoms with Crippen LogP contribution < -0.4 is 14.8 Å². The van der Waals surface area contributed by atoms with Gasteiger partial charge < -0.3 is 24.4 Å². The second kappa shape index (κ2) is 8.63. The molecule has 3 heterocycles. The van der Waals surface area contributed by atoms with Gasteiger partial charge in [0.2, 0.25) is 5.88 Å². The van der Waals surface area contributed by atoms with E-state index in [1.165, 1.54) is 7.11 Å². The molecule has 3 rings (SSSR count). The van der Waals surface area contributed by atoms with E-state index in [2.05, 4.69) is 20.3 Å². The number of hydrogen-bond acceptors (Lipinski definition) is 8. The molecule has 30 heavy (non-hydrogen) atoms. The Morgan fingerprint density at radius 2 is 2.03 bits per heavy atom. The number of nitrogens with zero attached hydrogens (tertiary/aromatic N) is 4. The molecule has 9 nitrogen and oxygen atoms in total. The van der Waals surface area contributed by atoms with Crippen LogP contribution >= 0.6 is 11.6 Å². The summed E-state index contributed by atoms with van der Waals surface area (Å²) in [6.07, 6.45) is -0.268. The molecule has 1 N–H and O–H groups in total. The molecule has 0 aromatic carbocycles.